The Morgan fingerprint density at radius 1 is 0.256 bits per heavy atom. The molecule has 4 amide bonds. The third-order valence-corrected chi connectivity index (χ3v) is 26.1. The molecule has 20 rings (SSSR count). The molecule has 16 aromatic rings. The van der Waals surface area contributed by atoms with Crippen LogP contribution in [0.4, 0.5) is 4.79 Å². The van der Waals surface area contributed by atoms with E-state index in [0.29, 0.717) is 0 Å². The third-order valence-electron chi connectivity index (χ3n) is 26.1. The minimum atomic E-state index is -1.48. The first-order valence-electron chi connectivity index (χ1n) is 40.9. The molecular formula is C106H88N4O7. The van der Waals surface area contributed by atoms with E-state index in [4.69, 9.17) is 9.47 Å². The molecule has 0 saturated carbocycles. The fraction of sp³-hybridized carbons (Fsp3) is 0.198. The summed E-state index contributed by atoms with van der Waals surface area (Å²) in [5, 5.41) is 30.9. The highest BCUT2D eigenvalue weighted by molar-refractivity contribution is 6.14. The van der Waals surface area contributed by atoms with Crippen LogP contribution in [0.5, 0.6) is 0 Å². The number of alkyl carbamates (subject to hydrolysis) is 1. The van der Waals surface area contributed by atoms with Gasteiger partial charge in [0.15, 0.2) is 0 Å². The number of hydrogen-bond donors (Lipinski definition) is 4. The van der Waals surface area contributed by atoms with Crippen molar-refractivity contribution < 1.29 is 33.4 Å². The molecule has 0 radical (unpaired) electrons. The SMILES string of the molecule is COC(=O)C1(CNC(=O)C2(CNC(=O)C3(CNC(=O)C4(CNC(=O)OC(C)(C)C)Cc5ccc6ccccc6c5-c5c(ccc6ccccc56)C4)Cc4ccc5ccccc5c4-c4c(ccc5ccccc45)C3)Cc3ccc4ccccc4c3-c3c(ccc4ccccc34)C2)Cc2ccc3ccccc3c2-c2c(ccc3ccccc23)C1. The van der Waals surface area contributed by atoms with E-state index in [1.807, 2.05) is 32.9 Å². The Labute approximate surface area is 679 Å². The van der Waals surface area contributed by atoms with Gasteiger partial charge < -0.3 is 30.7 Å². The van der Waals surface area contributed by atoms with Crippen molar-refractivity contribution in [1.82, 2.24) is 21.3 Å². The highest BCUT2D eigenvalue weighted by Crippen LogP contribution is 2.53. The Balaban J connectivity index is 0.751. The van der Waals surface area contributed by atoms with Crippen LogP contribution in [0.25, 0.3) is 131 Å². The van der Waals surface area contributed by atoms with Gasteiger partial charge in [-0.15, -0.1) is 0 Å². The lowest BCUT2D eigenvalue weighted by Crippen LogP contribution is -2.58. The van der Waals surface area contributed by atoms with Crippen LogP contribution in [0, 0.1) is 21.7 Å². The first kappa shape index (κ1) is 72.7. The van der Waals surface area contributed by atoms with Crippen LogP contribution in [-0.4, -0.2) is 68.7 Å². The summed E-state index contributed by atoms with van der Waals surface area (Å²) in [7, 11) is 1.44. The molecule has 4 N–H and O–H groups in total. The standard InChI is InChI=1S/C106H88N4O7/c1-102(2,3)117-101(115)110-63-105(57-77-49-41-69-25-9-17-33-85(69)93(77)94-78(58-105)50-42-70-26-10-18-34-86(70)94)99(113)108-61-103(53-73-45-37-65-21-5-13-29-81(65)89(73)90-74(54-103)46-38-66-22-6-14-30-82(66)90)97(111)107-62-104(55-75-47-39-67-23-7-15-31-83(67)91(75)92-76(56-104)48-40-68-24-8-16-32-84(68)92)98(112)109-64-106(100(114)116-4)59-79-51-43-71-27-11-19-35-87(71)95(79)96-80(60-106)52-44-72-28-12-20-36-88(72)96/h5-52H,53-64H2,1-4H3,(H,107,111)(H,108,113)(H,109,112)(H,110,115). The predicted molar refractivity (Wildman–Crippen MR) is 472 cm³/mol. The van der Waals surface area contributed by atoms with Gasteiger partial charge in [-0.05, 0) is 247 Å². The van der Waals surface area contributed by atoms with E-state index in [2.05, 4.69) is 300 Å². The molecule has 4 aliphatic rings. The number of benzene rings is 16. The average molecular weight is 1530 g/mol. The van der Waals surface area contributed by atoms with Gasteiger partial charge in [0.25, 0.3) is 0 Å². The number of methoxy groups -OCH3 is 1. The van der Waals surface area contributed by atoms with Gasteiger partial charge in [0.2, 0.25) is 17.7 Å². The second kappa shape index (κ2) is 28.3. The second-order valence-electron chi connectivity index (χ2n) is 34.5. The van der Waals surface area contributed by atoms with Gasteiger partial charge in [-0.2, -0.15) is 0 Å². The van der Waals surface area contributed by atoms with Gasteiger partial charge in [-0.1, -0.05) is 291 Å². The van der Waals surface area contributed by atoms with E-state index < -0.39 is 39.3 Å². The Hall–Kier alpha value is -13.3. The summed E-state index contributed by atoms with van der Waals surface area (Å²) in [5.41, 5.74) is 9.32. The molecule has 16 aromatic carbocycles. The molecule has 11 nitrogen and oxygen atoms in total. The third kappa shape index (κ3) is 12.4. The van der Waals surface area contributed by atoms with Gasteiger partial charge in [-0.3, -0.25) is 19.2 Å². The maximum absolute atomic E-state index is 17.7. The summed E-state index contributed by atoms with van der Waals surface area (Å²) < 4.78 is 12.0. The molecule has 0 aliphatic heterocycles. The molecule has 0 bridgehead atoms. The molecule has 0 unspecified atom stereocenters. The van der Waals surface area contributed by atoms with E-state index in [1.54, 1.807) is 0 Å². The summed E-state index contributed by atoms with van der Waals surface area (Å²) in [6, 6.07) is 102. The van der Waals surface area contributed by atoms with Gasteiger partial charge in [0, 0.05) is 26.2 Å². The summed E-state index contributed by atoms with van der Waals surface area (Å²) >= 11 is 0. The molecule has 4 aliphatic carbocycles. The number of amides is 4. The molecule has 574 valence electrons. The van der Waals surface area contributed by atoms with E-state index >= 15 is 19.2 Å². The Morgan fingerprint density at radius 2 is 0.436 bits per heavy atom. The van der Waals surface area contributed by atoms with Crippen molar-refractivity contribution in [3.05, 3.63) is 336 Å². The lowest BCUT2D eigenvalue weighted by molar-refractivity contribution is -0.153. The maximum atomic E-state index is 17.7. The van der Waals surface area contributed by atoms with Gasteiger partial charge in [0.05, 0.1) is 28.8 Å². The summed E-state index contributed by atoms with van der Waals surface area (Å²) in [5.74, 6) is -1.47. The van der Waals surface area contributed by atoms with Crippen LogP contribution >= 0.6 is 0 Å². The van der Waals surface area contributed by atoms with Crippen LogP contribution in [-0.2, 0) is 80.0 Å². The van der Waals surface area contributed by atoms with E-state index in [1.165, 1.54) is 7.11 Å². The molecule has 0 heterocycles. The average Bonchev–Trinajstić information content (AvgIpc) is 1.57. The molecular weight excluding hydrogens is 1440 g/mol. The molecule has 0 atom stereocenters. The minimum absolute atomic E-state index is 0.0979. The van der Waals surface area contributed by atoms with Crippen molar-refractivity contribution in [3.63, 3.8) is 0 Å². The summed E-state index contributed by atoms with van der Waals surface area (Å²) in [6.07, 6.45) is 1.01. The van der Waals surface area contributed by atoms with Crippen LogP contribution in [0.1, 0.15) is 65.3 Å². The van der Waals surface area contributed by atoms with E-state index in [0.717, 1.165) is 175 Å². The minimum Gasteiger partial charge on any atom is -0.469 e. The van der Waals surface area contributed by atoms with Crippen LogP contribution in [0.3, 0.4) is 0 Å². The lowest BCUT2D eigenvalue weighted by Gasteiger charge is -2.39. The maximum Gasteiger partial charge on any atom is 0.407 e. The second-order valence-corrected chi connectivity index (χ2v) is 34.5. The largest absolute Gasteiger partial charge is 0.469 e. The number of fused-ring (bicyclic) bond motifs is 28. The van der Waals surface area contributed by atoms with Crippen LogP contribution < -0.4 is 21.3 Å². The molecule has 11 heteroatoms. The molecule has 117 heavy (non-hydrogen) atoms. The Kier molecular flexibility index (Phi) is 17.6. The lowest BCUT2D eigenvalue weighted by atomic mass is 9.73. The molecule has 0 spiro atoms. The van der Waals surface area contributed by atoms with Crippen molar-refractivity contribution in [2.24, 2.45) is 21.7 Å². The van der Waals surface area contributed by atoms with Crippen molar-refractivity contribution in [3.8, 4) is 44.5 Å². The zero-order valence-corrected chi connectivity index (χ0v) is 66.1. The number of carbonyl (C=O) groups excluding carboxylic acids is 5. The van der Waals surface area contributed by atoms with E-state index in [9.17, 15) is 4.79 Å². The smallest absolute Gasteiger partial charge is 0.407 e. The number of hydrogen-bond acceptors (Lipinski definition) is 7. The summed E-state index contributed by atoms with van der Waals surface area (Å²) in [4.78, 5) is 82.1. The van der Waals surface area contributed by atoms with Crippen molar-refractivity contribution in [2.45, 2.75) is 77.7 Å². The first-order chi connectivity index (χ1) is 57.0. The zero-order valence-electron chi connectivity index (χ0n) is 66.1. The molecule has 0 saturated heterocycles. The quantitative estimate of drug-likeness (QED) is 0.0889. The summed E-state index contributed by atoms with van der Waals surface area (Å²) in [6.45, 7) is 4.96. The number of nitrogens with one attached hydrogen (secondary N) is 4. The molecule has 0 aromatic heterocycles. The van der Waals surface area contributed by atoms with Gasteiger partial charge >= 0.3 is 12.1 Å². The first-order valence-corrected chi connectivity index (χ1v) is 40.9. The Bertz CT molecular complexity index is 6540. The predicted octanol–water partition coefficient (Wildman–Crippen LogP) is 21.1. The van der Waals surface area contributed by atoms with Gasteiger partial charge in [0.1, 0.15) is 5.60 Å². The fourth-order valence-electron chi connectivity index (χ4n) is 20.8. The topological polar surface area (TPSA) is 152 Å². The molecule has 0 fully saturated rings. The number of esters is 1. The number of rotatable bonds is 12. The zero-order chi connectivity index (χ0) is 79.5. The number of ether oxygens (including phenoxy) is 2. The van der Waals surface area contributed by atoms with Crippen LogP contribution in [0.2, 0.25) is 0 Å². The van der Waals surface area contributed by atoms with E-state index in [-0.39, 0.29) is 95.3 Å². The van der Waals surface area contributed by atoms with Crippen molar-refractivity contribution in [1.29, 1.82) is 0 Å². The number of carbonyl (C=O) groups is 5. The van der Waals surface area contributed by atoms with Crippen molar-refractivity contribution >= 4 is 116 Å². The fourth-order valence-corrected chi connectivity index (χ4v) is 20.8. The Morgan fingerprint density at radius 3 is 0.632 bits per heavy atom. The van der Waals surface area contributed by atoms with Gasteiger partial charge in [-0.25, -0.2) is 4.79 Å². The highest BCUT2D eigenvalue weighted by atomic mass is 16.6. The normalized spacial score (nSPS) is 15.3. The van der Waals surface area contributed by atoms with Crippen molar-refractivity contribution in [2.75, 3.05) is 33.3 Å². The highest BCUT2D eigenvalue weighted by Gasteiger charge is 2.51. The van der Waals surface area contributed by atoms with Crippen LogP contribution in [0.15, 0.2) is 291 Å². The monoisotopic (exact) mass is 1530 g/mol.